The first-order valence-electron chi connectivity index (χ1n) is 8.54. The topological polar surface area (TPSA) is 61.2 Å². The zero-order valence-corrected chi connectivity index (χ0v) is 15.5. The number of carbonyl (C=O) groups excluding carboxylic acids is 1. The Morgan fingerprint density at radius 2 is 1.86 bits per heavy atom. The summed E-state index contributed by atoms with van der Waals surface area (Å²) < 4.78 is 19.7. The number of esters is 1. The van der Waals surface area contributed by atoms with Gasteiger partial charge < -0.3 is 4.74 Å². The smallest absolute Gasteiger partial charge is 0.326 e. The van der Waals surface area contributed by atoms with E-state index in [1.165, 1.54) is 34.4 Å². The van der Waals surface area contributed by atoms with Crippen LogP contribution >= 0.6 is 11.3 Å². The monoisotopic (exact) mass is 394 g/mol. The van der Waals surface area contributed by atoms with Crippen molar-refractivity contribution in [3.05, 3.63) is 88.0 Å². The molecular formula is C21H15FN2O3S. The van der Waals surface area contributed by atoms with Crippen molar-refractivity contribution in [1.29, 1.82) is 0 Å². The maximum Gasteiger partial charge on any atom is 0.326 e. The number of aromatic nitrogens is 2. The Morgan fingerprint density at radius 3 is 2.61 bits per heavy atom. The molecule has 28 heavy (non-hydrogen) atoms. The summed E-state index contributed by atoms with van der Waals surface area (Å²) in [6.45, 7) is -0.0866. The predicted molar refractivity (Wildman–Crippen MR) is 106 cm³/mol. The lowest BCUT2D eigenvalue weighted by Crippen LogP contribution is -2.25. The van der Waals surface area contributed by atoms with Crippen molar-refractivity contribution in [2.45, 2.75) is 13.2 Å². The molecule has 0 radical (unpaired) electrons. The molecule has 4 rings (SSSR count). The maximum absolute atomic E-state index is 13.2. The highest BCUT2D eigenvalue weighted by atomic mass is 32.1. The van der Waals surface area contributed by atoms with E-state index in [0.29, 0.717) is 15.8 Å². The van der Waals surface area contributed by atoms with E-state index in [1.807, 2.05) is 35.7 Å². The van der Waals surface area contributed by atoms with Crippen LogP contribution in [0.1, 0.15) is 5.56 Å². The van der Waals surface area contributed by atoms with E-state index >= 15 is 0 Å². The standard InChI is InChI=1S/C21H15FN2O3S/c22-16-8-6-15(7-9-16)17-12-28-20-19(17)21(26)24(13-23-20)10-18(25)27-11-14-4-2-1-3-5-14/h1-9,12-13H,10-11H2. The molecule has 0 bridgehead atoms. The highest BCUT2D eigenvalue weighted by molar-refractivity contribution is 7.17. The number of benzene rings is 2. The molecule has 4 aromatic rings. The van der Waals surface area contributed by atoms with Crippen molar-refractivity contribution in [3.63, 3.8) is 0 Å². The third-order valence-corrected chi connectivity index (χ3v) is 5.14. The molecule has 2 aromatic carbocycles. The van der Waals surface area contributed by atoms with Crippen molar-refractivity contribution in [2.24, 2.45) is 0 Å². The summed E-state index contributed by atoms with van der Waals surface area (Å²) in [4.78, 5) is 29.9. The van der Waals surface area contributed by atoms with E-state index in [9.17, 15) is 14.0 Å². The molecule has 140 valence electrons. The third-order valence-electron chi connectivity index (χ3n) is 4.26. The van der Waals surface area contributed by atoms with Crippen molar-refractivity contribution in [3.8, 4) is 11.1 Å². The Bertz CT molecular complexity index is 1180. The lowest BCUT2D eigenvalue weighted by Gasteiger charge is -2.07. The molecule has 0 saturated heterocycles. The highest BCUT2D eigenvalue weighted by Gasteiger charge is 2.15. The average molecular weight is 394 g/mol. The summed E-state index contributed by atoms with van der Waals surface area (Å²) in [6.07, 6.45) is 1.35. The van der Waals surface area contributed by atoms with Crippen LogP contribution in [0.3, 0.4) is 0 Å². The molecule has 0 N–H and O–H groups in total. The second-order valence-corrected chi connectivity index (χ2v) is 7.02. The molecular weight excluding hydrogens is 379 g/mol. The van der Waals surface area contributed by atoms with Gasteiger partial charge in [-0.25, -0.2) is 9.37 Å². The normalized spacial score (nSPS) is 10.9. The summed E-state index contributed by atoms with van der Waals surface area (Å²) in [7, 11) is 0. The predicted octanol–water partition coefficient (Wildman–Crippen LogP) is 4.01. The van der Waals surface area contributed by atoms with Gasteiger partial charge in [0.25, 0.3) is 5.56 Å². The Hall–Kier alpha value is -3.32. The van der Waals surface area contributed by atoms with Crippen molar-refractivity contribution in [1.82, 2.24) is 9.55 Å². The largest absolute Gasteiger partial charge is 0.459 e. The molecule has 2 aromatic heterocycles. The van der Waals surface area contributed by atoms with Gasteiger partial charge in [0.2, 0.25) is 0 Å². The van der Waals surface area contributed by atoms with E-state index < -0.39 is 5.97 Å². The number of ether oxygens (including phenoxy) is 1. The summed E-state index contributed by atoms with van der Waals surface area (Å²) in [5.74, 6) is -0.870. The molecule has 0 atom stereocenters. The van der Waals surface area contributed by atoms with Crippen LogP contribution in [-0.4, -0.2) is 15.5 Å². The molecule has 0 fully saturated rings. The molecule has 0 aliphatic rings. The van der Waals surface area contributed by atoms with Gasteiger partial charge in [-0.05, 0) is 23.3 Å². The van der Waals surface area contributed by atoms with Gasteiger partial charge in [-0.2, -0.15) is 0 Å². The number of hydrogen-bond donors (Lipinski definition) is 0. The number of rotatable bonds is 5. The lowest BCUT2D eigenvalue weighted by atomic mass is 10.1. The Morgan fingerprint density at radius 1 is 1.11 bits per heavy atom. The Kier molecular flexibility index (Phi) is 4.99. The van der Waals surface area contributed by atoms with Gasteiger partial charge in [0.1, 0.15) is 23.8 Å². The van der Waals surface area contributed by atoms with Gasteiger partial charge in [0, 0.05) is 10.9 Å². The van der Waals surface area contributed by atoms with Gasteiger partial charge in [0.15, 0.2) is 0 Å². The van der Waals surface area contributed by atoms with Crippen LogP contribution in [0.4, 0.5) is 4.39 Å². The number of nitrogens with zero attached hydrogens (tertiary/aromatic N) is 2. The number of halogens is 1. The van der Waals surface area contributed by atoms with Crippen LogP contribution in [0.5, 0.6) is 0 Å². The molecule has 0 aliphatic carbocycles. The maximum atomic E-state index is 13.2. The second-order valence-electron chi connectivity index (χ2n) is 6.16. The molecule has 7 heteroatoms. The average Bonchev–Trinajstić information content (AvgIpc) is 3.15. The summed E-state index contributed by atoms with van der Waals surface area (Å²) in [6, 6.07) is 15.2. The Labute approximate surface area is 163 Å². The van der Waals surface area contributed by atoms with Crippen LogP contribution in [0.2, 0.25) is 0 Å². The van der Waals surface area contributed by atoms with Crippen molar-refractivity contribution in [2.75, 3.05) is 0 Å². The highest BCUT2D eigenvalue weighted by Crippen LogP contribution is 2.30. The number of thiophene rings is 1. The summed E-state index contributed by atoms with van der Waals surface area (Å²) >= 11 is 1.33. The third kappa shape index (κ3) is 3.70. The van der Waals surface area contributed by atoms with Crippen LogP contribution in [0.25, 0.3) is 21.3 Å². The molecule has 5 nitrogen and oxygen atoms in total. The van der Waals surface area contributed by atoms with Crippen LogP contribution in [0.15, 0.2) is 71.1 Å². The SMILES string of the molecule is O=C(Cn1cnc2scc(-c3ccc(F)cc3)c2c1=O)OCc1ccccc1. The van der Waals surface area contributed by atoms with Crippen molar-refractivity contribution >= 4 is 27.5 Å². The fourth-order valence-corrected chi connectivity index (χ4v) is 3.75. The summed E-state index contributed by atoms with van der Waals surface area (Å²) in [5.41, 5.74) is 1.93. The molecule has 0 saturated carbocycles. The van der Waals surface area contributed by atoms with E-state index in [-0.39, 0.29) is 24.5 Å². The second kappa shape index (κ2) is 7.74. The quantitative estimate of drug-likeness (QED) is 0.480. The number of hydrogen-bond acceptors (Lipinski definition) is 5. The van der Waals surface area contributed by atoms with Crippen molar-refractivity contribution < 1.29 is 13.9 Å². The fourth-order valence-electron chi connectivity index (χ4n) is 2.84. The van der Waals surface area contributed by atoms with Gasteiger partial charge in [-0.1, -0.05) is 42.5 Å². The van der Waals surface area contributed by atoms with Crippen LogP contribution in [-0.2, 0) is 22.7 Å². The zero-order chi connectivity index (χ0) is 19.5. The van der Waals surface area contributed by atoms with Gasteiger partial charge in [-0.15, -0.1) is 11.3 Å². The van der Waals surface area contributed by atoms with Gasteiger partial charge >= 0.3 is 5.97 Å². The first-order valence-corrected chi connectivity index (χ1v) is 9.42. The molecule has 2 heterocycles. The summed E-state index contributed by atoms with van der Waals surface area (Å²) in [5, 5.41) is 2.22. The Balaban J connectivity index is 1.59. The van der Waals surface area contributed by atoms with E-state index in [0.717, 1.165) is 11.1 Å². The number of fused-ring (bicyclic) bond motifs is 1. The fraction of sp³-hybridized carbons (Fsp3) is 0.0952. The minimum atomic E-state index is -0.523. The first-order chi connectivity index (χ1) is 13.6. The van der Waals surface area contributed by atoms with Gasteiger partial charge in [0.05, 0.1) is 11.7 Å². The van der Waals surface area contributed by atoms with Crippen LogP contribution < -0.4 is 5.56 Å². The van der Waals surface area contributed by atoms with Crippen LogP contribution in [0, 0.1) is 5.82 Å². The number of carbonyl (C=O) groups is 1. The minimum Gasteiger partial charge on any atom is -0.459 e. The molecule has 0 amide bonds. The van der Waals surface area contributed by atoms with Gasteiger partial charge in [-0.3, -0.25) is 14.2 Å². The van der Waals surface area contributed by atoms with E-state index in [2.05, 4.69) is 4.98 Å². The van der Waals surface area contributed by atoms with E-state index in [4.69, 9.17) is 4.74 Å². The lowest BCUT2D eigenvalue weighted by molar-refractivity contribution is -0.145. The first kappa shape index (κ1) is 18.1. The molecule has 0 spiro atoms. The zero-order valence-electron chi connectivity index (χ0n) is 14.7. The van der Waals surface area contributed by atoms with E-state index in [1.54, 1.807) is 12.1 Å². The molecule has 0 unspecified atom stereocenters. The minimum absolute atomic E-state index is 0.142. The molecule has 0 aliphatic heterocycles.